The molecule has 0 radical (unpaired) electrons. The van der Waals surface area contributed by atoms with Crippen molar-refractivity contribution < 1.29 is 14.3 Å². The summed E-state index contributed by atoms with van der Waals surface area (Å²) in [5.74, 6) is 1.81. The smallest absolute Gasteiger partial charge is 0.246 e. The van der Waals surface area contributed by atoms with Crippen LogP contribution in [-0.4, -0.2) is 41.3 Å². The highest BCUT2D eigenvalue weighted by Crippen LogP contribution is 2.12. The Balaban J connectivity index is 1.30. The van der Waals surface area contributed by atoms with Gasteiger partial charge in [0.2, 0.25) is 5.91 Å². The van der Waals surface area contributed by atoms with Gasteiger partial charge in [-0.25, -0.2) is 4.98 Å². The highest BCUT2D eigenvalue weighted by Gasteiger charge is 2.20. The van der Waals surface area contributed by atoms with Crippen LogP contribution >= 0.6 is 0 Å². The standard InChI is InChI=1S/C17H21N3O3/c21-17(13-22-10-11-23-15-4-2-1-3-5-15)19-14-6-7-16-18-8-9-20(16)12-14/h1-5,8-9,14H,6-7,10-13H2,(H,19,21)/t14-/m1/s1. The fourth-order valence-electron chi connectivity index (χ4n) is 2.65. The minimum absolute atomic E-state index is 0.0609. The topological polar surface area (TPSA) is 65.4 Å². The first-order valence-corrected chi connectivity index (χ1v) is 7.86. The lowest BCUT2D eigenvalue weighted by atomic mass is 10.1. The summed E-state index contributed by atoms with van der Waals surface area (Å²) in [6, 6.07) is 9.69. The lowest BCUT2D eigenvalue weighted by Crippen LogP contribution is -2.42. The molecule has 2 heterocycles. The fourth-order valence-corrected chi connectivity index (χ4v) is 2.65. The second kappa shape index (κ2) is 7.78. The number of hydrogen-bond acceptors (Lipinski definition) is 4. The number of nitrogens with zero attached hydrogens (tertiary/aromatic N) is 2. The monoisotopic (exact) mass is 315 g/mol. The number of para-hydroxylation sites is 1. The van der Waals surface area contributed by atoms with E-state index >= 15 is 0 Å². The van der Waals surface area contributed by atoms with Crippen molar-refractivity contribution >= 4 is 5.91 Å². The summed E-state index contributed by atoms with van der Waals surface area (Å²) < 4.78 is 12.9. The molecule has 2 aromatic rings. The number of aryl methyl sites for hydroxylation is 1. The van der Waals surface area contributed by atoms with Crippen molar-refractivity contribution in [3.05, 3.63) is 48.5 Å². The van der Waals surface area contributed by atoms with Crippen molar-refractivity contribution in [2.45, 2.75) is 25.4 Å². The zero-order valence-corrected chi connectivity index (χ0v) is 13.0. The molecule has 0 saturated carbocycles. The second-order valence-electron chi connectivity index (χ2n) is 5.51. The summed E-state index contributed by atoms with van der Waals surface area (Å²) in [4.78, 5) is 16.2. The molecule has 1 N–H and O–H groups in total. The number of rotatable bonds is 7. The van der Waals surface area contributed by atoms with E-state index in [4.69, 9.17) is 9.47 Å². The quantitative estimate of drug-likeness (QED) is 0.785. The number of aromatic nitrogens is 2. The van der Waals surface area contributed by atoms with E-state index in [-0.39, 0.29) is 18.6 Å². The van der Waals surface area contributed by atoms with Crippen LogP contribution in [0, 0.1) is 0 Å². The van der Waals surface area contributed by atoms with Gasteiger partial charge in [-0.15, -0.1) is 0 Å². The number of nitrogens with one attached hydrogen (secondary N) is 1. The molecular weight excluding hydrogens is 294 g/mol. The van der Waals surface area contributed by atoms with Crippen LogP contribution in [0.2, 0.25) is 0 Å². The number of amides is 1. The van der Waals surface area contributed by atoms with E-state index in [1.54, 1.807) is 6.20 Å². The van der Waals surface area contributed by atoms with Crippen molar-refractivity contribution in [2.24, 2.45) is 0 Å². The minimum Gasteiger partial charge on any atom is -0.491 e. The lowest BCUT2D eigenvalue weighted by Gasteiger charge is -2.24. The number of benzene rings is 1. The number of fused-ring (bicyclic) bond motifs is 1. The van der Waals surface area contributed by atoms with Crippen molar-refractivity contribution in [2.75, 3.05) is 19.8 Å². The minimum atomic E-state index is -0.0849. The maximum Gasteiger partial charge on any atom is 0.246 e. The maximum absolute atomic E-state index is 11.9. The summed E-state index contributed by atoms with van der Waals surface area (Å²) in [6.07, 6.45) is 5.56. The molecule has 0 saturated heterocycles. The van der Waals surface area contributed by atoms with Crippen LogP contribution < -0.4 is 10.1 Å². The Morgan fingerprint density at radius 1 is 1.30 bits per heavy atom. The first-order valence-electron chi connectivity index (χ1n) is 7.86. The Morgan fingerprint density at radius 3 is 3.04 bits per heavy atom. The van der Waals surface area contributed by atoms with E-state index in [1.807, 2.05) is 36.5 Å². The fraction of sp³-hybridized carbons (Fsp3) is 0.412. The van der Waals surface area contributed by atoms with E-state index in [9.17, 15) is 4.79 Å². The van der Waals surface area contributed by atoms with Gasteiger partial charge in [-0.2, -0.15) is 0 Å². The molecule has 0 unspecified atom stereocenters. The highest BCUT2D eigenvalue weighted by molar-refractivity contribution is 5.77. The summed E-state index contributed by atoms with van der Waals surface area (Å²) in [5, 5.41) is 3.00. The predicted octanol–water partition coefficient (Wildman–Crippen LogP) is 1.41. The van der Waals surface area contributed by atoms with Gasteiger partial charge >= 0.3 is 0 Å². The van der Waals surface area contributed by atoms with E-state index < -0.39 is 0 Å². The first-order chi connectivity index (χ1) is 11.3. The molecule has 1 aliphatic rings. The van der Waals surface area contributed by atoms with Gasteiger partial charge in [0.05, 0.1) is 6.61 Å². The van der Waals surface area contributed by atoms with Gasteiger partial charge in [-0.05, 0) is 18.6 Å². The SMILES string of the molecule is O=C(COCCOc1ccccc1)N[C@@H]1CCc2nccn2C1. The molecule has 23 heavy (non-hydrogen) atoms. The molecule has 1 aromatic heterocycles. The summed E-state index contributed by atoms with van der Waals surface area (Å²) in [6.45, 7) is 1.65. The molecule has 1 aromatic carbocycles. The van der Waals surface area contributed by atoms with Crippen molar-refractivity contribution in [3.8, 4) is 5.75 Å². The van der Waals surface area contributed by atoms with Gasteiger partial charge < -0.3 is 19.4 Å². The van der Waals surface area contributed by atoms with E-state index in [2.05, 4.69) is 14.9 Å². The molecule has 0 aliphatic carbocycles. The largest absolute Gasteiger partial charge is 0.491 e. The van der Waals surface area contributed by atoms with Gasteiger partial charge in [0, 0.05) is 31.4 Å². The van der Waals surface area contributed by atoms with Crippen LogP contribution in [0.25, 0.3) is 0 Å². The molecule has 1 amide bonds. The Bertz CT molecular complexity index is 627. The third-order valence-corrected chi connectivity index (χ3v) is 3.77. The molecular formula is C17H21N3O3. The van der Waals surface area contributed by atoms with Crippen LogP contribution in [0.5, 0.6) is 5.75 Å². The molecule has 6 heteroatoms. The average molecular weight is 315 g/mol. The average Bonchev–Trinajstić information content (AvgIpc) is 3.03. The van der Waals surface area contributed by atoms with E-state index in [0.717, 1.165) is 31.0 Å². The Labute approximate surface area is 135 Å². The van der Waals surface area contributed by atoms with E-state index in [0.29, 0.717) is 13.2 Å². The highest BCUT2D eigenvalue weighted by atomic mass is 16.5. The van der Waals surface area contributed by atoms with Gasteiger partial charge in [0.25, 0.3) is 0 Å². The van der Waals surface area contributed by atoms with Crippen LogP contribution in [-0.2, 0) is 22.5 Å². The lowest BCUT2D eigenvalue weighted by molar-refractivity contribution is -0.126. The number of hydrogen-bond donors (Lipinski definition) is 1. The number of ether oxygens (including phenoxy) is 2. The summed E-state index contributed by atoms with van der Waals surface area (Å²) in [7, 11) is 0. The molecule has 1 aliphatic heterocycles. The normalized spacial score (nSPS) is 16.6. The predicted molar refractivity (Wildman–Crippen MR) is 85.2 cm³/mol. The van der Waals surface area contributed by atoms with Crippen LogP contribution in [0.1, 0.15) is 12.2 Å². The van der Waals surface area contributed by atoms with Crippen LogP contribution in [0.15, 0.2) is 42.7 Å². The zero-order chi connectivity index (χ0) is 15.9. The van der Waals surface area contributed by atoms with Crippen LogP contribution in [0.3, 0.4) is 0 Å². The van der Waals surface area contributed by atoms with Gasteiger partial charge in [-0.1, -0.05) is 18.2 Å². The molecule has 0 spiro atoms. The number of imidazole rings is 1. The second-order valence-corrected chi connectivity index (χ2v) is 5.51. The third kappa shape index (κ3) is 4.56. The van der Waals surface area contributed by atoms with Crippen molar-refractivity contribution in [3.63, 3.8) is 0 Å². The van der Waals surface area contributed by atoms with Crippen molar-refractivity contribution in [1.82, 2.24) is 14.9 Å². The summed E-state index contributed by atoms with van der Waals surface area (Å²) in [5.41, 5.74) is 0. The Hall–Kier alpha value is -2.34. The Morgan fingerprint density at radius 2 is 2.17 bits per heavy atom. The summed E-state index contributed by atoms with van der Waals surface area (Å²) >= 11 is 0. The van der Waals surface area contributed by atoms with Gasteiger partial charge in [0.15, 0.2) is 0 Å². The van der Waals surface area contributed by atoms with Gasteiger partial charge in [0.1, 0.15) is 24.8 Å². The molecule has 0 bridgehead atoms. The first kappa shape index (κ1) is 15.6. The molecule has 6 nitrogen and oxygen atoms in total. The zero-order valence-electron chi connectivity index (χ0n) is 13.0. The molecule has 0 fully saturated rings. The number of carbonyl (C=O) groups excluding carboxylic acids is 1. The molecule has 3 rings (SSSR count). The van der Waals surface area contributed by atoms with E-state index in [1.165, 1.54) is 0 Å². The third-order valence-electron chi connectivity index (χ3n) is 3.77. The molecule has 122 valence electrons. The molecule has 1 atom stereocenters. The van der Waals surface area contributed by atoms with Crippen molar-refractivity contribution in [1.29, 1.82) is 0 Å². The Kier molecular flexibility index (Phi) is 5.26. The van der Waals surface area contributed by atoms with Crippen LogP contribution in [0.4, 0.5) is 0 Å². The van der Waals surface area contributed by atoms with Gasteiger partial charge in [-0.3, -0.25) is 4.79 Å². The maximum atomic E-state index is 11.9. The number of carbonyl (C=O) groups is 1.